The summed E-state index contributed by atoms with van der Waals surface area (Å²) in [6, 6.07) is 35.6. The number of carbonyl (C=O) groups is 1. The lowest BCUT2D eigenvalue weighted by Crippen LogP contribution is -2.32. The fourth-order valence-electron chi connectivity index (χ4n) is 6.31. The molecule has 0 saturated carbocycles. The molecule has 1 N–H and O–H groups in total. The predicted octanol–water partition coefficient (Wildman–Crippen LogP) is 9.71. The van der Waals surface area contributed by atoms with Crippen LogP contribution in [0.4, 0.5) is 13.2 Å². The lowest BCUT2D eigenvalue weighted by Gasteiger charge is -2.30. The summed E-state index contributed by atoms with van der Waals surface area (Å²) in [6.07, 6.45) is -0.761. The van der Waals surface area contributed by atoms with E-state index in [1.54, 1.807) is 24.5 Å². The Morgan fingerprint density at radius 1 is 0.902 bits per heavy atom. The van der Waals surface area contributed by atoms with Gasteiger partial charge < -0.3 is 19.0 Å². The summed E-state index contributed by atoms with van der Waals surface area (Å²) in [5, 5.41) is 3.48. The zero-order valence-corrected chi connectivity index (χ0v) is 28.9. The van der Waals surface area contributed by atoms with Crippen molar-refractivity contribution in [3.8, 4) is 5.75 Å². The van der Waals surface area contributed by atoms with E-state index in [1.807, 2.05) is 78.4 Å². The highest BCUT2D eigenvalue weighted by Crippen LogP contribution is 2.37. The SMILES string of the molecule is CC(CCN(Cc1cccc(C(F)(F)F)c1Cl)CC(c1ccccc1)c1ccccc1)Oc1cccc2c1ccn2CC(=O)NCc1ccco1. The van der Waals surface area contributed by atoms with Crippen LogP contribution in [0.5, 0.6) is 5.75 Å². The van der Waals surface area contributed by atoms with Gasteiger partial charge in [0.25, 0.3) is 0 Å². The van der Waals surface area contributed by atoms with Gasteiger partial charge in [-0.3, -0.25) is 9.69 Å². The average molecular weight is 714 g/mol. The molecule has 0 aliphatic heterocycles. The molecule has 6 nitrogen and oxygen atoms in total. The molecule has 1 unspecified atom stereocenters. The minimum atomic E-state index is -4.55. The number of hydrogen-bond acceptors (Lipinski definition) is 4. The topological polar surface area (TPSA) is 59.6 Å². The number of hydrogen-bond donors (Lipinski definition) is 1. The summed E-state index contributed by atoms with van der Waals surface area (Å²) in [5.41, 5.74) is 2.66. The van der Waals surface area contributed by atoms with E-state index in [1.165, 1.54) is 6.07 Å². The van der Waals surface area contributed by atoms with E-state index in [-0.39, 0.29) is 36.0 Å². The van der Waals surface area contributed by atoms with Gasteiger partial charge >= 0.3 is 6.18 Å². The van der Waals surface area contributed by atoms with Crippen LogP contribution in [0.15, 0.2) is 132 Å². The highest BCUT2D eigenvalue weighted by atomic mass is 35.5. The summed E-state index contributed by atoms with van der Waals surface area (Å²) < 4.78 is 55.1. The first-order chi connectivity index (χ1) is 24.7. The molecule has 6 aromatic rings. The molecule has 1 amide bonds. The van der Waals surface area contributed by atoms with Crippen molar-refractivity contribution in [2.75, 3.05) is 13.1 Å². The molecule has 6 rings (SSSR count). The van der Waals surface area contributed by atoms with Crippen molar-refractivity contribution in [3.05, 3.63) is 161 Å². The van der Waals surface area contributed by atoms with E-state index in [4.69, 9.17) is 20.8 Å². The summed E-state index contributed by atoms with van der Waals surface area (Å²) in [7, 11) is 0. The van der Waals surface area contributed by atoms with Crippen LogP contribution >= 0.6 is 11.6 Å². The lowest BCUT2D eigenvalue weighted by atomic mass is 9.90. The van der Waals surface area contributed by atoms with Gasteiger partial charge in [0.05, 0.1) is 35.0 Å². The van der Waals surface area contributed by atoms with E-state index in [0.29, 0.717) is 43.1 Å². The molecule has 2 aromatic heterocycles. The second-order valence-corrected chi connectivity index (χ2v) is 13.0. The van der Waals surface area contributed by atoms with Gasteiger partial charge in [0.15, 0.2) is 0 Å². The van der Waals surface area contributed by atoms with Crippen LogP contribution in [0.25, 0.3) is 10.9 Å². The maximum Gasteiger partial charge on any atom is 0.417 e. The number of carbonyl (C=O) groups excluding carboxylic acids is 1. The monoisotopic (exact) mass is 713 g/mol. The van der Waals surface area contributed by atoms with E-state index in [0.717, 1.165) is 28.1 Å². The molecular weight excluding hydrogens is 675 g/mol. The highest BCUT2D eigenvalue weighted by Gasteiger charge is 2.34. The Labute approximate surface area is 300 Å². The van der Waals surface area contributed by atoms with Crippen LogP contribution in [0.3, 0.4) is 0 Å². The molecule has 0 fully saturated rings. The van der Waals surface area contributed by atoms with Crippen LogP contribution in [0.1, 0.15) is 47.3 Å². The number of alkyl halides is 3. The smallest absolute Gasteiger partial charge is 0.417 e. The van der Waals surface area contributed by atoms with Gasteiger partial charge in [0.2, 0.25) is 5.91 Å². The van der Waals surface area contributed by atoms with Crippen molar-refractivity contribution >= 4 is 28.4 Å². The standard InChI is InChI=1S/C41H39ClF3N3O3/c1-29(51-38-19-9-18-37-34(38)21-23-48(37)28-39(49)46-25-33-16-10-24-50-33)20-22-47(26-32-15-8-17-36(40(32)42)41(43,44)45)27-35(30-11-4-2-5-12-30)31-13-6-3-7-14-31/h2-19,21,23-24,29,35H,20,22,25-28H2,1H3,(H,46,49). The van der Waals surface area contributed by atoms with Crippen molar-refractivity contribution < 1.29 is 27.1 Å². The largest absolute Gasteiger partial charge is 0.490 e. The molecule has 2 heterocycles. The third-order valence-electron chi connectivity index (χ3n) is 8.93. The molecule has 0 aliphatic carbocycles. The van der Waals surface area contributed by atoms with Gasteiger partial charge in [-0.05, 0) is 66.4 Å². The van der Waals surface area contributed by atoms with Gasteiger partial charge in [0, 0.05) is 37.1 Å². The first-order valence-corrected chi connectivity index (χ1v) is 17.2. The summed E-state index contributed by atoms with van der Waals surface area (Å²) in [4.78, 5) is 14.8. The van der Waals surface area contributed by atoms with Gasteiger partial charge in [-0.2, -0.15) is 13.2 Å². The zero-order valence-electron chi connectivity index (χ0n) is 28.2. The van der Waals surface area contributed by atoms with Gasteiger partial charge in [-0.15, -0.1) is 0 Å². The number of nitrogens with one attached hydrogen (secondary N) is 1. The number of rotatable bonds is 15. The molecule has 0 aliphatic rings. The van der Waals surface area contributed by atoms with Crippen LogP contribution in [0, 0.1) is 0 Å². The van der Waals surface area contributed by atoms with Gasteiger partial charge in [-0.1, -0.05) is 90.5 Å². The number of halogens is 4. The third-order valence-corrected chi connectivity index (χ3v) is 9.38. The zero-order chi connectivity index (χ0) is 35.8. The molecule has 0 saturated heterocycles. The maximum absolute atomic E-state index is 13.8. The van der Waals surface area contributed by atoms with E-state index >= 15 is 0 Å². The summed E-state index contributed by atoms with van der Waals surface area (Å²) >= 11 is 6.41. The van der Waals surface area contributed by atoms with Gasteiger partial charge in [0.1, 0.15) is 18.1 Å². The Morgan fingerprint density at radius 3 is 2.27 bits per heavy atom. The normalized spacial score (nSPS) is 12.5. The number of furan rings is 1. The van der Waals surface area contributed by atoms with Crippen molar-refractivity contribution in [3.63, 3.8) is 0 Å². The first kappa shape index (κ1) is 35.8. The van der Waals surface area contributed by atoms with E-state index < -0.39 is 11.7 Å². The molecule has 0 spiro atoms. The molecule has 0 bridgehead atoms. The number of amides is 1. The Bertz CT molecular complexity index is 1970. The quantitative estimate of drug-likeness (QED) is 0.115. The number of nitrogens with zero attached hydrogens (tertiary/aromatic N) is 2. The van der Waals surface area contributed by atoms with Gasteiger partial charge in [-0.25, -0.2) is 0 Å². The molecule has 10 heteroatoms. The maximum atomic E-state index is 13.8. The average Bonchev–Trinajstić information content (AvgIpc) is 3.80. The predicted molar refractivity (Wildman–Crippen MR) is 194 cm³/mol. The Balaban J connectivity index is 1.19. The molecular formula is C41H39ClF3N3O3. The van der Waals surface area contributed by atoms with Crippen LogP contribution in [-0.2, 0) is 30.6 Å². The van der Waals surface area contributed by atoms with Crippen molar-refractivity contribution in [2.24, 2.45) is 0 Å². The lowest BCUT2D eigenvalue weighted by molar-refractivity contribution is -0.137. The molecule has 4 aromatic carbocycles. The van der Waals surface area contributed by atoms with E-state index in [9.17, 15) is 18.0 Å². The Hall–Kier alpha value is -4.99. The van der Waals surface area contributed by atoms with E-state index in [2.05, 4.69) is 34.5 Å². The van der Waals surface area contributed by atoms with Crippen LogP contribution < -0.4 is 10.1 Å². The number of benzene rings is 4. The Kier molecular flexibility index (Phi) is 11.5. The van der Waals surface area contributed by atoms with Crippen molar-refractivity contribution in [1.29, 1.82) is 0 Å². The third kappa shape index (κ3) is 9.22. The molecule has 1 atom stereocenters. The summed E-state index contributed by atoms with van der Waals surface area (Å²) in [6.45, 7) is 3.75. The second-order valence-electron chi connectivity index (χ2n) is 12.6. The molecule has 0 radical (unpaired) electrons. The van der Waals surface area contributed by atoms with Crippen molar-refractivity contribution in [1.82, 2.24) is 14.8 Å². The number of fused-ring (bicyclic) bond motifs is 1. The van der Waals surface area contributed by atoms with Crippen LogP contribution in [-0.4, -0.2) is 34.6 Å². The van der Waals surface area contributed by atoms with Crippen molar-refractivity contribution in [2.45, 2.75) is 51.2 Å². The summed E-state index contributed by atoms with van der Waals surface area (Å²) in [5.74, 6) is 1.19. The minimum absolute atomic E-state index is 0.0296. The fourth-order valence-corrected chi connectivity index (χ4v) is 6.61. The fraction of sp³-hybridized carbons (Fsp3) is 0.244. The second kappa shape index (κ2) is 16.4. The Morgan fingerprint density at radius 2 is 1.61 bits per heavy atom. The molecule has 51 heavy (non-hydrogen) atoms. The van der Waals surface area contributed by atoms with Crippen LogP contribution in [0.2, 0.25) is 5.02 Å². The number of aromatic nitrogens is 1. The highest BCUT2D eigenvalue weighted by molar-refractivity contribution is 6.32. The molecule has 264 valence electrons. The first-order valence-electron chi connectivity index (χ1n) is 16.9. The number of ether oxygens (including phenoxy) is 1. The minimum Gasteiger partial charge on any atom is -0.490 e.